The molecule has 8 rings (SSSR count). The minimum Gasteiger partial charge on any atom is -0.790 e. The number of hydrogen-bond acceptors (Lipinski definition) is 34. The maximum Gasteiger partial charge on any atom is 0.490 e. The Hall–Kier alpha value is -5.50. The van der Waals surface area contributed by atoms with Crippen molar-refractivity contribution in [3.63, 3.8) is 0 Å². The lowest BCUT2D eigenvalue weighted by atomic mass is 10.1. The predicted molar refractivity (Wildman–Crippen MR) is 357 cm³/mol. The molecule has 8 N–H and O–H groups in total. The summed E-state index contributed by atoms with van der Waals surface area (Å²) in [4.78, 5) is 161. The minimum atomic E-state index is -5.81. The first-order valence-corrected chi connectivity index (χ1v) is 42.2. The number of aliphatic hydroxyl groups is 1. The summed E-state index contributed by atoms with van der Waals surface area (Å²) < 4.78 is 103. The van der Waals surface area contributed by atoms with Crippen LogP contribution in [0, 0.1) is 20.2 Å². The van der Waals surface area contributed by atoms with E-state index in [1.54, 1.807) is 52.2 Å². The third-order valence-electron chi connectivity index (χ3n) is 12.5. The standard InChI is InChI=1S/C25H30N5O16P3S2.C25H27N5O7S2.ClOP.H4O7P2/c31-22(8-5-13-50-51-23-9-3-4-11-26-23)27-21-10-12-29(25(32)28-21)24-14-19(42-15-17-6-1-2-7-18(17)30(33)34)20(44-24)16-43-48(38,39)46-49(40,41)45-47(35,36)37;31-15-20-19(36-16-17-6-1-2-7-18(17)30(34)35)14-24(37-20)29-12-10-21(28-25(29)33)27-22(32)8-5-13-38-39-23-9-3-4-11-26-23;1-3-2;1-8(2,3)7-9(4,5)6/h1-4,6-7,9-12,19-20,24H,5,8,13-16H2,(H,38,39)(H,40,41)(H2,35,36,37)(H,27,28,31,32);1-4,6-7,9-12,19-20,24,31H,5,8,13-16H2,(H,27,28,32,33);;(H2,1,2,3)(H2,4,5,6)/p-3. The van der Waals surface area contributed by atoms with Crippen LogP contribution in [0.15, 0.2) is 141 Å². The fourth-order valence-electron chi connectivity index (χ4n) is 8.41. The third kappa shape index (κ3) is 32.9. The van der Waals surface area contributed by atoms with Crippen LogP contribution in [0.25, 0.3) is 0 Å². The molecule has 2 amide bonds. The highest BCUT2D eigenvalue weighted by Gasteiger charge is 2.44. The fraction of sp³-hybridized carbons (Fsp3) is 0.360. The highest BCUT2D eigenvalue weighted by atomic mass is 35.7. The zero-order chi connectivity index (χ0) is 75.3. The number of nitrogens with zero attached hydrogens (tertiary/aromatic N) is 8. The van der Waals surface area contributed by atoms with Crippen molar-refractivity contribution in [3.05, 3.63) is 174 Å². The van der Waals surface area contributed by atoms with Gasteiger partial charge in [0, 0.05) is 74.1 Å². The highest BCUT2D eigenvalue weighted by molar-refractivity contribution is 8.77. The molecule has 2 aliphatic rings. The quantitative estimate of drug-likeness (QED) is 0.00730. The van der Waals surface area contributed by atoms with Crippen molar-refractivity contribution >= 4 is 136 Å². The van der Waals surface area contributed by atoms with Gasteiger partial charge in [0.05, 0.1) is 67.4 Å². The second kappa shape index (κ2) is 42.6. The Morgan fingerprint density at radius 3 is 1.43 bits per heavy atom. The maximum absolute atomic E-state index is 13.0. The number of halogens is 1. The molecule has 0 saturated carbocycles. The summed E-state index contributed by atoms with van der Waals surface area (Å²) in [6, 6.07) is 25.9. The van der Waals surface area contributed by atoms with Crippen molar-refractivity contribution in [1.82, 2.24) is 29.1 Å². The number of hydrogen-bond donors (Lipinski definition) is 8. The lowest BCUT2D eigenvalue weighted by molar-refractivity contribution is -0.386. The summed E-state index contributed by atoms with van der Waals surface area (Å²) in [5.41, 5.74) is -1.27. The van der Waals surface area contributed by atoms with E-state index in [1.807, 2.05) is 36.4 Å². The number of para-hydroxylation sites is 2. The largest absolute Gasteiger partial charge is 0.790 e. The monoisotopic (exact) mass is 1640 g/mol. The van der Waals surface area contributed by atoms with Crippen LogP contribution in [-0.2, 0) is 86.6 Å². The van der Waals surface area contributed by atoms with Gasteiger partial charge in [0.15, 0.2) is 0 Å². The van der Waals surface area contributed by atoms with Crippen molar-refractivity contribution in [2.75, 3.05) is 35.4 Å². The van der Waals surface area contributed by atoms with Crippen LogP contribution >= 0.6 is 101 Å². The van der Waals surface area contributed by atoms with E-state index >= 15 is 0 Å². The number of phosphoric acid groups is 5. The first-order chi connectivity index (χ1) is 48.1. The molecule has 2 aromatic carbocycles. The highest BCUT2D eigenvalue weighted by Crippen LogP contribution is 2.66. The Morgan fingerprint density at radius 2 is 1.06 bits per heavy atom. The van der Waals surface area contributed by atoms with Crippen LogP contribution < -0.4 is 36.7 Å². The molecule has 102 heavy (non-hydrogen) atoms. The summed E-state index contributed by atoms with van der Waals surface area (Å²) >= 11 is 4.42. The van der Waals surface area contributed by atoms with Crippen molar-refractivity contribution in [2.24, 2.45) is 0 Å². The number of anilines is 2. The molecule has 0 aliphatic carbocycles. The number of nitro benzene ring substituents is 2. The number of amides is 2. The molecule has 9 atom stereocenters. The number of nitro groups is 2. The summed E-state index contributed by atoms with van der Waals surface area (Å²) in [5.74, 6) is 0.891. The molecule has 9 unspecified atom stereocenters. The molecule has 2 saturated heterocycles. The first-order valence-electron chi connectivity index (χ1n) is 28.3. The number of carbonyl (C=O) groups excluding carboxylic acids is 2. The molecule has 0 bridgehead atoms. The third-order valence-corrected chi connectivity index (χ3v) is 22.6. The number of rotatable bonds is 34. The van der Waals surface area contributed by atoms with Gasteiger partial charge in [0.2, 0.25) is 11.8 Å². The molecular weight excluding hydrogens is 1590 g/mol. The summed E-state index contributed by atoms with van der Waals surface area (Å²) in [6.07, 6.45) is 2.19. The van der Waals surface area contributed by atoms with E-state index in [4.69, 9.17) is 42.7 Å². The van der Waals surface area contributed by atoms with Gasteiger partial charge in [0.25, 0.3) is 27.0 Å². The summed E-state index contributed by atoms with van der Waals surface area (Å²) in [7, 11) is -22.2. The average molecular weight is 1640 g/mol. The lowest BCUT2D eigenvalue weighted by Crippen LogP contribution is -2.29. The Morgan fingerprint density at radius 1 is 0.637 bits per heavy atom. The Balaban J connectivity index is 0.000000324. The molecule has 41 nitrogen and oxygen atoms in total. The number of pyridine rings is 2. The second-order valence-corrected chi connectivity index (χ2v) is 32.1. The van der Waals surface area contributed by atoms with Gasteiger partial charge in [-0.2, -0.15) is 18.6 Å². The minimum absolute atomic E-state index is 0.0387. The average Bonchev–Trinajstić information content (AvgIpc) is 1.10. The number of aliphatic hydroxyl groups excluding tert-OH is 1. The fourth-order valence-corrected chi connectivity index (χ4v) is 16.4. The van der Waals surface area contributed by atoms with E-state index in [2.05, 4.69) is 54.7 Å². The van der Waals surface area contributed by atoms with Gasteiger partial charge in [0.1, 0.15) is 46.4 Å². The van der Waals surface area contributed by atoms with E-state index in [0.29, 0.717) is 24.2 Å². The number of ether oxygens (including phenoxy) is 4. The van der Waals surface area contributed by atoms with Gasteiger partial charge in [-0.3, -0.25) is 56.9 Å². The van der Waals surface area contributed by atoms with Crippen molar-refractivity contribution < 1.29 is 127 Å². The predicted octanol–water partition coefficient (Wildman–Crippen LogP) is 6.22. The van der Waals surface area contributed by atoms with Crippen LogP contribution in [0.4, 0.5) is 23.0 Å². The van der Waals surface area contributed by atoms with Gasteiger partial charge in [-0.25, -0.2) is 33.3 Å². The zero-order valence-electron chi connectivity index (χ0n) is 51.7. The maximum atomic E-state index is 13.0. The number of nitrogens with one attached hydrogen (secondary N) is 2. The molecule has 0 spiro atoms. The van der Waals surface area contributed by atoms with Crippen LogP contribution in [0.2, 0.25) is 0 Å². The van der Waals surface area contributed by atoms with Gasteiger partial charge in [-0.05, 0) is 94.2 Å². The van der Waals surface area contributed by atoms with Crippen LogP contribution in [-0.4, -0.2) is 129 Å². The normalized spacial score (nSPS) is 19.0. The van der Waals surface area contributed by atoms with Crippen LogP contribution in [0.1, 0.15) is 62.1 Å². The number of carbonyl (C=O) groups is 2. The van der Waals surface area contributed by atoms with Crippen molar-refractivity contribution in [2.45, 2.75) is 98.7 Å². The van der Waals surface area contributed by atoms with Gasteiger partial charge >= 0.3 is 34.8 Å². The molecule has 0 radical (unpaired) electrons. The SMILES string of the molecule is O=C(CCCSSc1ccccn1)Nc1ccn(C2CC(OCc3ccccc3[N+](=O)[O-])C(CO)O2)c(=O)n1.O=C(CCCSSc1ccccn1)Nc1ccn(C2CC(OCc3ccccc3[N+](=O)[O-])C(COP(=O)(O)OP(=O)(O)OP(=O)(O)O)O2)c(=O)n1.O=P([O-])([O-])OP(=O)([O-])O.O=PCl. The molecule has 6 aromatic rings. The number of aromatic nitrogens is 6. The molecule has 6 heterocycles. The van der Waals surface area contributed by atoms with Gasteiger partial charge < -0.3 is 78.4 Å². The lowest BCUT2D eigenvalue weighted by Gasteiger charge is -2.32. The summed E-state index contributed by atoms with van der Waals surface area (Å²) in [6.45, 7) is -1.68. The van der Waals surface area contributed by atoms with Gasteiger partial charge in [-0.1, -0.05) is 58.0 Å². The number of benzene rings is 2. The van der Waals surface area contributed by atoms with Crippen LogP contribution in [0.5, 0.6) is 0 Å². The van der Waals surface area contributed by atoms with Gasteiger partial charge in [-0.15, -0.1) is 0 Å². The Labute approximate surface area is 597 Å². The Bertz CT molecular complexity index is 4120. The van der Waals surface area contributed by atoms with Crippen molar-refractivity contribution in [3.8, 4) is 0 Å². The van der Waals surface area contributed by atoms with E-state index in [0.717, 1.165) is 20.4 Å². The first kappa shape index (κ1) is 87.1. The van der Waals surface area contributed by atoms with Crippen molar-refractivity contribution in [1.29, 1.82) is 0 Å². The molecule has 2 fully saturated rings. The summed E-state index contributed by atoms with van der Waals surface area (Å²) in [5, 5.41) is 39.4. The van der Waals surface area contributed by atoms with E-state index in [-0.39, 0.29) is 93.7 Å². The molecule has 52 heteroatoms. The molecule has 4 aromatic heterocycles. The zero-order valence-corrected chi connectivity index (χ0v) is 61.0. The van der Waals surface area contributed by atoms with Crippen LogP contribution in [0.3, 0.4) is 0 Å². The molecule has 2 aliphatic heterocycles. The number of phosphoric ester groups is 1. The Kier molecular flexibility index (Phi) is 36.4. The smallest absolute Gasteiger partial charge is 0.490 e. The second-order valence-electron chi connectivity index (χ2n) is 19.8. The van der Waals surface area contributed by atoms with E-state index in [1.165, 1.54) is 81.0 Å². The molecule has 558 valence electrons. The molecular formula is C50H58ClN10O31P6S4-3. The van der Waals surface area contributed by atoms with E-state index < -0.39 is 104 Å². The van der Waals surface area contributed by atoms with E-state index in [9.17, 15) is 91.8 Å². The topological polar surface area (TPSA) is 607 Å².